The van der Waals surface area contributed by atoms with Gasteiger partial charge in [0.25, 0.3) is 0 Å². The molecule has 0 heterocycles. The van der Waals surface area contributed by atoms with E-state index in [1.807, 2.05) is 0 Å². The number of ketones is 1. The van der Waals surface area contributed by atoms with Crippen molar-refractivity contribution in [1.29, 1.82) is 0 Å². The summed E-state index contributed by atoms with van der Waals surface area (Å²) >= 11 is 5.29. The molecule has 0 bridgehead atoms. The van der Waals surface area contributed by atoms with E-state index in [1.54, 1.807) is 0 Å². The third-order valence-electron chi connectivity index (χ3n) is 2.75. The monoisotopic (exact) mass is 276 g/mol. The van der Waals surface area contributed by atoms with E-state index in [2.05, 4.69) is 6.92 Å². The Morgan fingerprint density at radius 1 is 0.944 bits per heavy atom. The van der Waals surface area contributed by atoms with E-state index in [-0.39, 0.29) is 18.1 Å². The molecule has 0 aliphatic rings. The highest BCUT2D eigenvalue weighted by Gasteiger charge is 2.08. The molecule has 0 aliphatic carbocycles. The summed E-state index contributed by atoms with van der Waals surface area (Å²) in [5.74, 6) is -0.853. The number of Topliss-reactive ketones (excluding diaryl/α,β-unsaturated/α-hetero) is 1. The molecule has 0 saturated heterocycles. The number of carbonyl (C=O) groups excluding carboxylic acids is 2. The fraction of sp³-hybridized carbons (Fsp3) is 0.857. The molecule has 0 unspecified atom stereocenters. The summed E-state index contributed by atoms with van der Waals surface area (Å²) in [6.07, 6.45) is 9.46. The SMILES string of the molecule is CCCCCCCCCCOC(=O)CC(=O)CCl. The second-order valence-electron chi connectivity index (χ2n) is 4.54. The summed E-state index contributed by atoms with van der Waals surface area (Å²) in [5.41, 5.74) is 0. The Kier molecular flexibility index (Phi) is 12.5. The Hall–Kier alpha value is -0.570. The number of rotatable bonds is 12. The number of hydrogen-bond donors (Lipinski definition) is 0. The Morgan fingerprint density at radius 3 is 2.06 bits per heavy atom. The fourth-order valence-corrected chi connectivity index (χ4v) is 1.78. The predicted octanol–water partition coefficient (Wildman–Crippen LogP) is 3.87. The van der Waals surface area contributed by atoms with Crippen molar-refractivity contribution < 1.29 is 14.3 Å². The summed E-state index contributed by atoms with van der Waals surface area (Å²) in [6, 6.07) is 0. The second kappa shape index (κ2) is 12.9. The van der Waals surface area contributed by atoms with Crippen molar-refractivity contribution in [3.8, 4) is 0 Å². The minimum Gasteiger partial charge on any atom is -0.465 e. The van der Waals surface area contributed by atoms with Crippen molar-refractivity contribution in [3.05, 3.63) is 0 Å². The smallest absolute Gasteiger partial charge is 0.313 e. The van der Waals surface area contributed by atoms with E-state index in [0.717, 1.165) is 12.8 Å². The van der Waals surface area contributed by atoms with Crippen molar-refractivity contribution in [1.82, 2.24) is 0 Å². The number of ether oxygens (including phenoxy) is 1. The molecule has 0 atom stereocenters. The maximum atomic E-state index is 11.1. The van der Waals surface area contributed by atoms with Crippen molar-refractivity contribution >= 4 is 23.4 Å². The molecule has 0 spiro atoms. The van der Waals surface area contributed by atoms with Crippen molar-refractivity contribution in [2.24, 2.45) is 0 Å². The Morgan fingerprint density at radius 2 is 1.50 bits per heavy atom. The van der Waals surface area contributed by atoms with E-state index < -0.39 is 5.97 Å². The van der Waals surface area contributed by atoms with Crippen LogP contribution in [-0.2, 0) is 14.3 Å². The van der Waals surface area contributed by atoms with Crippen LogP contribution in [0.4, 0.5) is 0 Å². The molecule has 0 aromatic carbocycles. The fourth-order valence-electron chi connectivity index (χ4n) is 1.68. The molecule has 0 fully saturated rings. The molecular weight excluding hydrogens is 252 g/mol. The normalized spacial score (nSPS) is 10.3. The molecule has 0 N–H and O–H groups in total. The highest BCUT2D eigenvalue weighted by molar-refractivity contribution is 6.28. The third kappa shape index (κ3) is 11.9. The largest absolute Gasteiger partial charge is 0.465 e. The molecule has 0 radical (unpaired) electrons. The van der Waals surface area contributed by atoms with Crippen LogP contribution < -0.4 is 0 Å². The average molecular weight is 277 g/mol. The summed E-state index contributed by atoms with van der Waals surface area (Å²) < 4.78 is 4.94. The lowest BCUT2D eigenvalue weighted by molar-refractivity contribution is -0.145. The van der Waals surface area contributed by atoms with Gasteiger partial charge < -0.3 is 4.74 Å². The van der Waals surface area contributed by atoms with Gasteiger partial charge in [0.1, 0.15) is 6.42 Å². The van der Waals surface area contributed by atoms with E-state index in [0.29, 0.717) is 6.61 Å². The van der Waals surface area contributed by atoms with Crippen molar-refractivity contribution in [2.75, 3.05) is 12.5 Å². The Bertz CT molecular complexity index is 229. The second-order valence-corrected chi connectivity index (χ2v) is 4.81. The van der Waals surface area contributed by atoms with Gasteiger partial charge in [-0.05, 0) is 6.42 Å². The Labute approximate surface area is 115 Å². The number of alkyl halides is 1. The number of halogens is 1. The average Bonchev–Trinajstić information content (AvgIpc) is 2.36. The van der Waals surface area contributed by atoms with Gasteiger partial charge in [-0.2, -0.15) is 0 Å². The van der Waals surface area contributed by atoms with Gasteiger partial charge in [0.05, 0.1) is 12.5 Å². The van der Waals surface area contributed by atoms with Crippen LogP contribution in [0.3, 0.4) is 0 Å². The highest BCUT2D eigenvalue weighted by atomic mass is 35.5. The van der Waals surface area contributed by atoms with Gasteiger partial charge in [0, 0.05) is 0 Å². The summed E-state index contributed by atoms with van der Waals surface area (Å²) in [7, 11) is 0. The van der Waals surface area contributed by atoms with Gasteiger partial charge in [0.15, 0.2) is 5.78 Å². The van der Waals surface area contributed by atoms with Gasteiger partial charge in [-0.25, -0.2) is 0 Å². The maximum Gasteiger partial charge on any atom is 0.313 e. The van der Waals surface area contributed by atoms with Crippen molar-refractivity contribution in [2.45, 2.75) is 64.7 Å². The minimum atomic E-state index is -0.455. The van der Waals surface area contributed by atoms with Crippen LogP contribution >= 0.6 is 11.6 Å². The van der Waals surface area contributed by atoms with Crippen LogP contribution in [0.25, 0.3) is 0 Å². The van der Waals surface area contributed by atoms with Crippen LogP contribution in [0.1, 0.15) is 64.7 Å². The summed E-state index contributed by atoms with van der Waals surface area (Å²) in [4.78, 5) is 22.0. The maximum absolute atomic E-state index is 11.1. The predicted molar refractivity (Wildman–Crippen MR) is 73.9 cm³/mol. The van der Waals surface area contributed by atoms with E-state index in [9.17, 15) is 9.59 Å². The first-order chi connectivity index (χ1) is 8.70. The molecular formula is C14H25ClO3. The lowest BCUT2D eigenvalue weighted by atomic mass is 10.1. The zero-order chi connectivity index (χ0) is 13.6. The zero-order valence-corrected chi connectivity index (χ0v) is 12.1. The topological polar surface area (TPSA) is 43.4 Å². The molecule has 4 heteroatoms. The van der Waals surface area contributed by atoms with Gasteiger partial charge in [-0.1, -0.05) is 51.9 Å². The molecule has 3 nitrogen and oxygen atoms in total. The zero-order valence-electron chi connectivity index (χ0n) is 11.4. The number of esters is 1. The molecule has 0 saturated carbocycles. The number of carbonyl (C=O) groups is 2. The van der Waals surface area contributed by atoms with Gasteiger partial charge in [-0.15, -0.1) is 11.6 Å². The molecule has 0 amide bonds. The van der Waals surface area contributed by atoms with Crippen LogP contribution in [0, 0.1) is 0 Å². The van der Waals surface area contributed by atoms with Crippen LogP contribution in [0.5, 0.6) is 0 Å². The third-order valence-corrected chi connectivity index (χ3v) is 3.05. The van der Waals surface area contributed by atoms with Crippen LogP contribution in [0.15, 0.2) is 0 Å². The molecule has 0 rings (SSSR count). The number of unbranched alkanes of at least 4 members (excludes halogenated alkanes) is 7. The number of hydrogen-bond acceptors (Lipinski definition) is 3. The van der Waals surface area contributed by atoms with Crippen LogP contribution in [-0.4, -0.2) is 24.2 Å². The summed E-state index contributed by atoms with van der Waals surface area (Å²) in [5, 5.41) is 0. The first-order valence-electron chi connectivity index (χ1n) is 6.94. The molecule has 0 aromatic heterocycles. The van der Waals surface area contributed by atoms with Crippen molar-refractivity contribution in [3.63, 3.8) is 0 Å². The van der Waals surface area contributed by atoms with E-state index >= 15 is 0 Å². The van der Waals surface area contributed by atoms with E-state index in [4.69, 9.17) is 16.3 Å². The van der Waals surface area contributed by atoms with Gasteiger partial charge in [-0.3, -0.25) is 9.59 Å². The summed E-state index contributed by atoms with van der Waals surface area (Å²) in [6.45, 7) is 2.63. The van der Waals surface area contributed by atoms with E-state index in [1.165, 1.54) is 38.5 Å². The van der Waals surface area contributed by atoms with Gasteiger partial charge in [0.2, 0.25) is 0 Å². The molecule has 18 heavy (non-hydrogen) atoms. The quantitative estimate of drug-likeness (QED) is 0.235. The molecule has 0 aromatic rings. The molecule has 0 aliphatic heterocycles. The van der Waals surface area contributed by atoms with Gasteiger partial charge >= 0.3 is 5.97 Å². The Balaban J connectivity index is 3.20. The lowest BCUT2D eigenvalue weighted by Gasteiger charge is -2.04. The first kappa shape index (κ1) is 17.4. The van der Waals surface area contributed by atoms with Crippen LogP contribution in [0.2, 0.25) is 0 Å². The lowest BCUT2D eigenvalue weighted by Crippen LogP contribution is -2.12. The standard InChI is InChI=1S/C14H25ClO3/c1-2-3-4-5-6-7-8-9-10-18-14(17)11-13(16)12-15/h2-12H2,1H3. The minimum absolute atomic E-state index is 0.118. The molecule has 106 valence electrons. The highest BCUT2D eigenvalue weighted by Crippen LogP contribution is 2.08. The first-order valence-corrected chi connectivity index (χ1v) is 7.47.